The average Bonchev–Trinajstić information content (AvgIpc) is 3.05. The molecule has 1 aliphatic rings. The van der Waals surface area contributed by atoms with Crippen LogP contribution in [0.5, 0.6) is 5.75 Å². The summed E-state index contributed by atoms with van der Waals surface area (Å²) in [7, 11) is 1.70. The minimum Gasteiger partial charge on any atom is -0.496 e. The maximum atomic E-state index is 14.7. The molecule has 2 heterocycles. The second kappa shape index (κ2) is 7.34. The first-order valence-corrected chi connectivity index (χ1v) is 9.03. The first-order chi connectivity index (χ1) is 12.8. The molecule has 0 saturated heterocycles. The lowest BCUT2D eigenvalue weighted by molar-refractivity contribution is 0.213. The van der Waals surface area contributed by atoms with Gasteiger partial charge in [0, 0.05) is 42.7 Å². The predicted octanol–water partition coefficient (Wildman–Crippen LogP) is 4.63. The van der Waals surface area contributed by atoms with Gasteiger partial charge in [0.1, 0.15) is 11.6 Å². The zero-order chi connectivity index (χ0) is 17.9. The van der Waals surface area contributed by atoms with E-state index in [1.165, 1.54) is 0 Å². The standard InChI is InChI=1S/C22H23FN2O/c1-26-21-12-5-2-8-17(21)16-25-15-7-14-24-13-6-11-20(24)22(25)18-9-3-4-10-19(18)23/h2-6,8-13,22H,7,14-16H2,1H3/t22-/m1/s1. The normalized spacial score (nSPS) is 17.5. The molecule has 0 unspecified atom stereocenters. The van der Waals surface area contributed by atoms with E-state index >= 15 is 0 Å². The highest BCUT2D eigenvalue weighted by Gasteiger charge is 2.29. The number of nitrogens with zero attached hydrogens (tertiary/aromatic N) is 2. The van der Waals surface area contributed by atoms with Gasteiger partial charge >= 0.3 is 0 Å². The number of aromatic nitrogens is 1. The lowest BCUT2D eigenvalue weighted by atomic mass is 10.0. The number of para-hydroxylation sites is 1. The quantitative estimate of drug-likeness (QED) is 0.682. The van der Waals surface area contributed by atoms with E-state index in [9.17, 15) is 4.39 Å². The van der Waals surface area contributed by atoms with E-state index in [1.54, 1.807) is 19.2 Å². The van der Waals surface area contributed by atoms with Crippen molar-refractivity contribution < 1.29 is 9.13 Å². The maximum Gasteiger partial charge on any atom is 0.128 e. The van der Waals surface area contributed by atoms with Crippen LogP contribution in [0.1, 0.15) is 29.3 Å². The highest BCUT2D eigenvalue weighted by Crippen LogP contribution is 2.35. The molecule has 0 amide bonds. The highest BCUT2D eigenvalue weighted by atomic mass is 19.1. The number of halogens is 1. The van der Waals surface area contributed by atoms with Gasteiger partial charge in [0.15, 0.2) is 0 Å². The first kappa shape index (κ1) is 16.9. The second-order valence-corrected chi connectivity index (χ2v) is 6.69. The van der Waals surface area contributed by atoms with Crippen LogP contribution in [-0.4, -0.2) is 23.1 Å². The predicted molar refractivity (Wildman–Crippen MR) is 101 cm³/mol. The Labute approximate surface area is 153 Å². The molecule has 134 valence electrons. The summed E-state index contributed by atoms with van der Waals surface area (Å²) in [6.45, 7) is 2.57. The summed E-state index contributed by atoms with van der Waals surface area (Å²) in [5.41, 5.74) is 2.99. The third-order valence-electron chi connectivity index (χ3n) is 5.12. The van der Waals surface area contributed by atoms with E-state index in [2.05, 4.69) is 33.9 Å². The molecule has 3 nitrogen and oxygen atoms in total. The number of methoxy groups -OCH3 is 1. The molecule has 1 aliphatic heterocycles. The zero-order valence-corrected chi connectivity index (χ0v) is 14.9. The van der Waals surface area contributed by atoms with Crippen molar-refractivity contribution in [3.63, 3.8) is 0 Å². The van der Waals surface area contributed by atoms with Crippen molar-refractivity contribution in [1.82, 2.24) is 9.47 Å². The van der Waals surface area contributed by atoms with Crippen LogP contribution < -0.4 is 4.74 Å². The molecule has 3 aromatic rings. The Morgan fingerprint density at radius 3 is 2.65 bits per heavy atom. The van der Waals surface area contributed by atoms with Gasteiger partial charge < -0.3 is 9.30 Å². The summed E-state index contributed by atoms with van der Waals surface area (Å²) in [6.07, 6.45) is 3.12. The lowest BCUT2D eigenvalue weighted by Gasteiger charge is -2.31. The lowest BCUT2D eigenvalue weighted by Crippen LogP contribution is -2.30. The number of fused-ring (bicyclic) bond motifs is 1. The summed E-state index contributed by atoms with van der Waals surface area (Å²) < 4.78 is 22.5. The number of benzene rings is 2. The minimum atomic E-state index is -0.155. The van der Waals surface area contributed by atoms with E-state index in [0.29, 0.717) is 6.54 Å². The molecule has 0 saturated carbocycles. The molecule has 0 fully saturated rings. The van der Waals surface area contributed by atoms with Crippen molar-refractivity contribution in [2.45, 2.75) is 25.6 Å². The van der Waals surface area contributed by atoms with Crippen LogP contribution in [-0.2, 0) is 13.1 Å². The van der Waals surface area contributed by atoms with E-state index in [0.717, 1.165) is 42.1 Å². The largest absolute Gasteiger partial charge is 0.496 e. The SMILES string of the molecule is COc1ccccc1CN1CCCn2cccc2[C@H]1c1ccccc1F. The number of hydrogen-bond donors (Lipinski definition) is 0. The molecule has 0 bridgehead atoms. The molecule has 1 aromatic heterocycles. The van der Waals surface area contributed by atoms with Crippen molar-refractivity contribution in [1.29, 1.82) is 0 Å². The number of rotatable bonds is 4. The Morgan fingerprint density at radius 1 is 1.00 bits per heavy atom. The van der Waals surface area contributed by atoms with Crippen molar-refractivity contribution >= 4 is 0 Å². The molecule has 2 aromatic carbocycles. The molecule has 4 heteroatoms. The van der Waals surface area contributed by atoms with E-state index in [1.807, 2.05) is 30.3 Å². The molecule has 26 heavy (non-hydrogen) atoms. The van der Waals surface area contributed by atoms with Crippen molar-refractivity contribution in [2.75, 3.05) is 13.7 Å². The van der Waals surface area contributed by atoms with Crippen LogP contribution in [0, 0.1) is 5.82 Å². The van der Waals surface area contributed by atoms with Gasteiger partial charge in [0.05, 0.1) is 13.2 Å². The average molecular weight is 350 g/mol. The summed E-state index contributed by atoms with van der Waals surface area (Å²) in [4.78, 5) is 2.36. The van der Waals surface area contributed by atoms with Gasteiger partial charge in [0.2, 0.25) is 0 Å². The fraction of sp³-hybridized carbons (Fsp3) is 0.273. The Balaban J connectivity index is 1.78. The van der Waals surface area contributed by atoms with Gasteiger partial charge in [-0.2, -0.15) is 0 Å². The van der Waals surface area contributed by atoms with Crippen molar-refractivity contribution in [3.8, 4) is 5.75 Å². The summed E-state index contributed by atoms with van der Waals surface area (Å²) in [5, 5.41) is 0. The van der Waals surface area contributed by atoms with E-state index < -0.39 is 0 Å². The third-order valence-corrected chi connectivity index (χ3v) is 5.12. The van der Waals surface area contributed by atoms with E-state index in [4.69, 9.17) is 4.74 Å². The zero-order valence-electron chi connectivity index (χ0n) is 14.9. The summed E-state index contributed by atoms with van der Waals surface area (Å²) in [6, 6.07) is 19.2. The van der Waals surface area contributed by atoms with Crippen LogP contribution in [0.2, 0.25) is 0 Å². The van der Waals surface area contributed by atoms with Gasteiger partial charge in [-0.15, -0.1) is 0 Å². The summed E-state index contributed by atoms with van der Waals surface area (Å²) in [5.74, 6) is 0.719. The number of hydrogen-bond acceptors (Lipinski definition) is 2. The number of aryl methyl sites for hydroxylation is 1. The third kappa shape index (κ3) is 3.13. The molecule has 0 aliphatic carbocycles. The van der Waals surface area contributed by atoms with Gasteiger partial charge in [-0.1, -0.05) is 36.4 Å². The smallest absolute Gasteiger partial charge is 0.128 e. The maximum absolute atomic E-state index is 14.7. The summed E-state index contributed by atoms with van der Waals surface area (Å²) >= 11 is 0. The minimum absolute atomic E-state index is 0.112. The molecule has 4 rings (SSSR count). The highest BCUT2D eigenvalue weighted by molar-refractivity contribution is 5.35. The van der Waals surface area contributed by atoms with Crippen LogP contribution in [0.15, 0.2) is 66.9 Å². The Kier molecular flexibility index (Phi) is 4.76. The van der Waals surface area contributed by atoms with Crippen LogP contribution in [0.25, 0.3) is 0 Å². The van der Waals surface area contributed by atoms with Gasteiger partial charge in [0.25, 0.3) is 0 Å². The second-order valence-electron chi connectivity index (χ2n) is 6.69. The fourth-order valence-corrected chi connectivity index (χ4v) is 3.92. The first-order valence-electron chi connectivity index (χ1n) is 9.03. The van der Waals surface area contributed by atoms with Crippen molar-refractivity contribution in [3.05, 3.63) is 89.5 Å². The van der Waals surface area contributed by atoms with E-state index in [-0.39, 0.29) is 11.9 Å². The molecular weight excluding hydrogens is 327 g/mol. The van der Waals surface area contributed by atoms with Crippen LogP contribution in [0.4, 0.5) is 4.39 Å². The van der Waals surface area contributed by atoms with Crippen molar-refractivity contribution in [2.24, 2.45) is 0 Å². The fourth-order valence-electron chi connectivity index (χ4n) is 3.92. The molecule has 0 N–H and O–H groups in total. The number of ether oxygens (including phenoxy) is 1. The van der Waals surface area contributed by atoms with Gasteiger partial charge in [-0.3, -0.25) is 4.90 Å². The monoisotopic (exact) mass is 350 g/mol. The topological polar surface area (TPSA) is 17.4 Å². The Morgan fingerprint density at radius 2 is 1.81 bits per heavy atom. The van der Waals surface area contributed by atoms with Gasteiger partial charge in [-0.25, -0.2) is 4.39 Å². The Hall–Kier alpha value is -2.59. The molecule has 1 atom stereocenters. The van der Waals surface area contributed by atoms with Crippen LogP contribution in [0.3, 0.4) is 0 Å². The molecule has 0 spiro atoms. The van der Waals surface area contributed by atoms with Crippen LogP contribution >= 0.6 is 0 Å². The Bertz CT molecular complexity index is 889. The molecular formula is C22H23FN2O. The van der Waals surface area contributed by atoms with Gasteiger partial charge in [-0.05, 0) is 30.7 Å². The molecule has 0 radical (unpaired) electrons.